The van der Waals surface area contributed by atoms with Crippen LogP contribution in [0.4, 0.5) is 14.6 Å². The standard InChI is InChI=1S/C18H16ClF2N3O/c1-24(10-11-25-13-8-6-12(19)7-9-13)18-14-4-2-3-5-15(14)22-17(23-18)16(20)21/h2-9,16H,10-11H2,1H3. The number of aromatic nitrogens is 2. The molecule has 0 aliphatic rings. The van der Waals surface area contributed by atoms with Gasteiger partial charge in [-0.05, 0) is 36.4 Å². The van der Waals surface area contributed by atoms with E-state index in [4.69, 9.17) is 16.3 Å². The third-order valence-electron chi connectivity index (χ3n) is 3.67. The van der Waals surface area contributed by atoms with Crippen molar-refractivity contribution >= 4 is 28.3 Å². The van der Waals surface area contributed by atoms with Crippen LogP contribution < -0.4 is 9.64 Å². The Kier molecular flexibility index (Phi) is 5.28. The molecule has 3 aromatic rings. The van der Waals surface area contributed by atoms with E-state index in [1.165, 1.54) is 0 Å². The van der Waals surface area contributed by atoms with Gasteiger partial charge >= 0.3 is 0 Å². The van der Waals surface area contributed by atoms with Gasteiger partial charge in [-0.3, -0.25) is 0 Å². The summed E-state index contributed by atoms with van der Waals surface area (Å²) >= 11 is 5.83. The molecule has 0 saturated carbocycles. The zero-order valence-electron chi connectivity index (χ0n) is 13.5. The minimum atomic E-state index is -2.72. The second kappa shape index (κ2) is 7.61. The van der Waals surface area contributed by atoms with E-state index in [0.717, 1.165) is 5.39 Å². The molecule has 1 heterocycles. The molecule has 0 amide bonds. The molecule has 1 aromatic heterocycles. The molecule has 0 radical (unpaired) electrons. The number of fused-ring (bicyclic) bond motifs is 1. The Bertz CT molecular complexity index is 859. The van der Waals surface area contributed by atoms with Crippen molar-refractivity contribution in [3.63, 3.8) is 0 Å². The van der Waals surface area contributed by atoms with E-state index < -0.39 is 12.2 Å². The van der Waals surface area contributed by atoms with Crippen molar-refractivity contribution in [3.05, 3.63) is 59.4 Å². The van der Waals surface area contributed by atoms with Crippen LogP contribution in [0, 0.1) is 0 Å². The van der Waals surface area contributed by atoms with Crippen LogP contribution in [0.2, 0.25) is 5.02 Å². The van der Waals surface area contributed by atoms with Gasteiger partial charge in [0.25, 0.3) is 6.43 Å². The van der Waals surface area contributed by atoms with Crippen LogP contribution in [0.15, 0.2) is 48.5 Å². The third kappa shape index (κ3) is 4.14. The number of hydrogen-bond donors (Lipinski definition) is 0. The van der Waals surface area contributed by atoms with Crippen LogP contribution in [0.5, 0.6) is 5.75 Å². The fraction of sp³-hybridized carbons (Fsp3) is 0.222. The number of halogens is 3. The number of alkyl halides is 2. The topological polar surface area (TPSA) is 38.2 Å². The number of para-hydroxylation sites is 1. The lowest BCUT2D eigenvalue weighted by Gasteiger charge is -2.20. The summed E-state index contributed by atoms with van der Waals surface area (Å²) in [6, 6.07) is 14.1. The molecule has 25 heavy (non-hydrogen) atoms. The fourth-order valence-corrected chi connectivity index (χ4v) is 2.53. The van der Waals surface area contributed by atoms with Crippen LogP contribution in [0.1, 0.15) is 12.2 Å². The minimum absolute atomic E-state index is 0.375. The first-order valence-corrected chi connectivity index (χ1v) is 8.07. The number of ether oxygens (including phenoxy) is 1. The highest BCUT2D eigenvalue weighted by atomic mass is 35.5. The SMILES string of the molecule is CN(CCOc1ccc(Cl)cc1)c1nc(C(F)F)nc2ccccc12. The summed E-state index contributed by atoms with van der Waals surface area (Å²) < 4.78 is 31.8. The van der Waals surface area contributed by atoms with Crippen molar-refractivity contribution in [3.8, 4) is 5.75 Å². The van der Waals surface area contributed by atoms with E-state index in [2.05, 4.69) is 9.97 Å². The molecule has 0 bridgehead atoms. The Hall–Kier alpha value is -2.47. The summed E-state index contributed by atoms with van der Waals surface area (Å²) in [7, 11) is 1.79. The minimum Gasteiger partial charge on any atom is -0.492 e. The molecular formula is C18H16ClF2N3O. The van der Waals surface area contributed by atoms with E-state index in [-0.39, 0.29) is 0 Å². The maximum atomic E-state index is 13.1. The highest BCUT2D eigenvalue weighted by molar-refractivity contribution is 6.30. The normalized spacial score (nSPS) is 11.1. The monoisotopic (exact) mass is 363 g/mol. The molecular weight excluding hydrogens is 348 g/mol. The van der Waals surface area contributed by atoms with Gasteiger partial charge in [-0.1, -0.05) is 23.7 Å². The van der Waals surface area contributed by atoms with E-state index in [1.54, 1.807) is 48.3 Å². The van der Waals surface area contributed by atoms with Crippen molar-refractivity contribution in [2.24, 2.45) is 0 Å². The molecule has 0 atom stereocenters. The molecule has 0 spiro atoms. The Morgan fingerprint density at radius 3 is 2.52 bits per heavy atom. The largest absolute Gasteiger partial charge is 0.492 e. The van der Waals surface area contributed by atoms with E-state index >= 15 is 0 Å². The van der Waals surface area contributed by atoms with Crippen LogP contribution in [0.3, 0.4) is 0 Å². The number of anilines is 1. The van der Waals surface area contributed by atoms with Gasteiger partial charge in [-0.2, -0.15) is 0 Å². The number of likely N-dealkylation sites (N-methyl/N-ethyl adjacent to an activating group) is 1. The lowest BCUT2D eigenvalue weighted by molar-refractivity contribution is 0.141. The van der Waals surface area contributed by atoms with E-state index in [9.17, 15) is 8.78 Å². The quantitative estimate of drug-likeness (QED) is 0.634. The second-order valence-corrected chi connectivity index (χ2v) is 5.88. The van der Waals surface area contributed by atoms with Gasteiger partial charge in [-0.15, -0.1) is 0 Å². The molecule has 0 saturated heterocycles. The lowest BCUT2D eigenvalue weighted by Crippen LogP contribution is -2.25. The van der Waals surface area contributed by atoms with Gasteiger partial charge in [-0.25, -0.2) is 18.7 Å². The van der Waals surface area contributed by atoms with Crippen LogP contribution in [-0.2, 0) is 0 Å². The number of rotatable bonds is 6. The van der Waals surface area contributed by atoms with Gasteiger partial charge in [0.2, 0.25) is 0 Å². The summed E-state index contributed by atoms with van der Waals surface area (Å²) in [4.78, 5) is 9.74. The molecule has 130 valence electrons. The molecule has 0 unspecified atom stereocenters. The summed E-state index contributed by atoms with van der Waals surface area (Å²) in [5.41, 5.74) is 0.494. The molecule has 0 aliphatic heterocycles. The summed E-state index contributed by atoms with van der Waals surface area (Å²) in [5, 5.41) is 1.36. The summed E-state index contributed by atoms with van der Waals surface area (Å²) in [6.07, 6.45) is -2.72. The van der Waals surface area contributed by atoms with E-state index in [1.807, 2.05) is 12.1 Å². The lowest BCUT2D eigenvalue weighted by atomic mass is 10.2. The molecule has 0 fully saturated rings. The number of benzene rings is 2. The number of hydrogen-bond acceptors (Lipinski definition) is 4. The van der Waals surface area contributed by atoms with Crippen LogP contribution in [-0.4, -0.2) is 30.2 Å². The maximum Gasteiger partial charge on any atom is 0.297 e. The van der Waals surface area contributed by atoms with Crippen LogP contribution in [0.25, 0.3) is 10.9 Å². The maximum absolute atomic E-state index is 13.1. The molecule has 7 heteroatoms. The predicted octanol–water partition coefficient (Wildman–Crippen LogP) is 4.74. The Balaban J connectivity index is 1.76. The zero-order valence-corrected chi connectivity index (χ0v) is 14.3. The first-order valence-electron chi connectivity index (χ1n) is 7.69. The Morgan fingerprint density at radius 2 is 1.80 bits per heavy atom. The highest BCUT2D eigenvalue weighted by Gasteiger charge is 2.17. The van der Waals surface area contributed by atoms with Crippen molar-refractivity contribution in [2.45, 2.75) is 6.43 Å². The molecule has 3 rings (SSSR count). The van der Waals surface area contributed by atoms with Gasteiger partial charge in [0, 0.05) is 17.5 Å². The molecule has 0 aliphatic carbocycles. The Morgan fingerprint density at radius 1 is 1.08 bits per heavy atom. The fourth-order valence-electron chi connectivity index (χ4n) is 2.40. The number of nitrogens with zero attached hydrogens (tertiary/aromatic N) is 3. The van der Waals surface area contributed by atoms with Gasteiger partial charge in [0.1, 0.15) is 18.2 Å². The summed E-state index contributed by atoms with van der Waals surface area (Å²) in [6.45, 7) is 0.854. The molecule has 2 aromatic carbocycles. The van der Waals surface area contributed by atoms with Crippen LogP contribution >= 0.6 is 11.6 Å². The first-order chi connectivity index (χ1) is 12.0. The van der Waals surface area contributed by atoms with Crippen molar-refractivity contribution in [1.82, 2.24) is 9.97 Å². The van der Waals surface area contributed by atoms with Gasteiger partial charge in [0.05, 0.1) is 12.1 Å². The van der Waals surface area contributed by atoms with Gasteiger partial charge in [0.15, 0.2) is 5.82 Å². The predicted molar refractivity (Wildman–Crippen MR) is 94.7 cm³/mol. The van der Waals surface area contributed by atoms with Crippen molar-refractivity contribution in [1.29, 1.82) is 0 Å². The average Bonchev–Trinajstić information content (AvgIpc) is 2.62. The Labute approximate surface area is 149 Å². The van der Waals surface area contributed by atoms with Crippen molar-refractivity contribution < 1.29 is 13.5 Å². The molecule has 0 N–H and O–H groups in total. The van der Waals surface area contributed by atoms with Crippen molar-refractivity contribution in [2.75, 3.05) is 25.1 Å². The highest BCUT2D eigenvalue weighted by Crippen LogP contribution is 2.26. The molecule has 4 nitrogen and oxygen atoms in total. The summed E-state index contributed by atoms with van der Waals surface area (Å²) in [5.74, 6) is 0.679. The second-order valence-electron chi connectivity index (χ2n) is 5.45. The van der Waals surface area contributed by atoms with Gasteiger partial charge < -0.3 is 9.64 Å². The average molecular weight is 364 g/mol. The third-order valence-corrected chi connectivity index (χ3v) is 3.92. The zero-order chi connectivity index (χ0) is 17.8. The van der Waals surface area contributed by atoms with E-state index in [0.29, 0.717) is 35.3 Å². The first kappa shape index (κ1) is 17.4. The smallest absolute Gasteiger partial charge is 0.297 e.